The fourth-order valence-electron chi connectivity index (χ4n) is 2.88. The first kappa shape index (κ1) is 11.3. The van der Waals surface area contributed by atoms with Crippen molar-refractivity contribution in [3.05, 3.63) is 0 Å². The molecule has 15 heavy (non-hydrogen) atoms. The van der Waals surface area contributed by atoms with Crippen LogP contribution < -0.4 is 11.1 Å². The quantitative estimate of drug-likeness (QED) is 0.681. The lowest BCUT2D eigenvalue weighted by molar-refractivity contribution is -0.0368. The second-order valence-electron chi connectivity index (χ2n) is 4.61. The van der Waals surface area contributed by atoms with Gasteiger partial charge in [0.25, 0.3) is 0 Å². The molecule has 2 aliphatic heterocycles. The molecule has 88 valence electrons. The summed E-state index contributed by atoms with van der Waals surface area (Å²) < 4.78 is 5.48. The Morgan fingerprint density at radius 3 is 2.47 bits per heavy atom. The second-order valence-corrected chi connectivity index (χ2v) is 4.61. The van der Waals surface area contributed by atoms with Gasteiger partial charge in [0.1, 0.15) is 0 Å². The monoisotopic (exact) mass is 213 g/mol. The Bertz CT molecular complexity index is 181. The number of hydrogen-bond acceptors (Lipinski definition) is 4. The van der Waals surface area contributed by atoms with Crippen molar-refractivity contribution in [2.24, 2.45) is 5.73 Å². The summed E-state index contributed by atoms with van der Waals surface area (Å²) in [6.07, 6.45) is 3.44. The van der Waals surface area contributed by atoms with Crippen LogP contribution in [0.5, 0.6) is 0 Å². The second kappa shape index (κ2) is 5.25. The van der Waals surface area contributed by atoms with E-state index in [1.54, 1.807) is 0 Å². The highest BCUT2D eigenvalue weighted by Crippen LogP contribution is 2.31. The Morgan fingerprint density at radius 1 is 1.20 bits per heavy atom. The Hall–Kier alpha value is -0.160. The van der Waals surface area contributed by atoms with E-state index >= 15 is 0 Å². The molecule has 3 N–H and O–H groups in total. The molecule has 4 nitrogen and oxygen atoms in total. The van der Waals surface area contributed by atoms with Crippen LogP contribution in [0.1, 0.15) is 19.3 Å². The lowest BCUT2D eigenvalue weighted by Crippen LogP contribution is -2.58. The van der Waals surface area contributed by atoms with E-state index in [1.807, 2.05) is 0 Å². The summed E-state index contributed by atoms with van der Waals surface area (Å²) in [6.45, 7) is 7.18. The first-order chi connectivity index (χ1) is 7.37. The van der Waals surface area contributed by atoms with Crippen LogP contribution in [-0.2, 0) is 4.74 Å². The zero-order valence-electron chi connectivity index (χ0n) is 9.50. The molecule has 4 heteroatoms. The molecule has 0 aromatic heterocycles. The van der Waals surface area contributed by atoms with Gasteiger partial charge in [-0.15, -0.1) is 0 Å². The summed E-state index contributed by atoms with van der Waals surface area (Å²) in [7, 11) is 0. The molecule has 0 aromatic rings. The maximum absolute atomic E-state index is 5.77. The molecule has 0 bridgehead atoms. The maximum Gasteiger partial charge on any atom is 0.0483 e. The van der Waals surface area contributed by atoms with Gasteiger partial charge in [0.15, 0.2) is 0 Å². The number of rotatable bonds is 3. The van der Waals surface area contributed by atoms with E-state index in [4.69, 9.17) is 10.5 Å². The smallest absolute Gasteiger partial charge is 0.0483 e. The van der Waals surface area contributed by atoms with Crippen LogP contribution in [0.4, 0.5) is 0 Å². The zero-order valence-corrected chi connectivity index (χ0v) is 9.50. The van der Waals surface area contributed by atoms with E-state index in [0.717, 1.165) is 52.1 Å². The van der Waals surface area contributed by atoms with Crippen LogP contribution in [0.15, 0.2) is 0 Å². The number of nitrogens with zero attached hydrogens (tertiary/aromatic N) is 1. The molecule has 0 unspecified atom stereocenters. The normalized spacial score (nSPS) is 27.8. The lowest BCUT2D eigenvalue weighted by atomic mass is 9.84. The van der Waals surface area contributed by atoms with Crippen molar-refractivity contribution in [1.82, 2.24) is 10.2 Å². The van der Waals surface area contributed by atoms with Crippen LogP contribution in [0.25, 0.3) is 0 Å². The third kappa shape index (κ3) is 2.50. The minimum atomic E-state index is 0.342. The van der Waals surface area contributed by atoms with Gasteiger partial charge in [-0.25, -0.2) is 0 Å². The van der Waals surface area contributed by atoms with Gasteiger partial charge in [0, 0.05) is 44.9 Å². The Kier molecular flexibility index (Phi) is 3.97. The fourth-order valence-corrected chi connectivity index (χ4v) is 2.88. The average molecular weight is 213 g/mol. The van der Waals surface area contributed by atoms with Gasteiger partial charge in [0.2, 0.25) is 0 Å². The molecule has 0 aliphatic carbocycles. The van der Waals surface area contributed by atoms with Gasteiger partial charge in [-0.05, 0) is 25.8 Å². The molecule has 0 saturated carbocycles. The van der Waals surface area contributed by atoms with Crippen molar-refractivity contribution in [3.63, 3.8) is 0 Å². The number of piperazine rings is 1. The lowest BCUT2D eigenvalue weighted by Gasteiger charge is -2.48. The van der Waals surface area contributed by atoms with Crippen molar-refractivity contribution < 1.29 is 4.74 Å². The number of nitrogens with one attached hydrogen (secondary N) is 1. The summed E-state index contributed by atoms with van der Waals surface area (Å²) >= 11 is 0. The van der Waals surface area contributed by atoms with Crippen molar-refractivity contribution in [2.45, 2.75) is 24.8 Å². The van der Waals surface area contributed by atoms with E-state index in [-0.39, 0.29) is 0 Å². The minimum absolute atomic E-state index is 0.342. The van der Waals surface area contributed by atoms with Crippen LogP contribution in [0.3, 0.4) is 0 Å². The van der Waals surface area contributed by atoms with Gasteiger partial charge < -0.3 is 15.8 Å². The largest absolute Gasteiger partial charge is 0.381 e. The van der Waals surface area contributed by atoms with Crippen LogP contribution >= 0.6 is 0 Å². The highest BCUT2D eigenvalue weighted by Gasteiger charge is 2.37. The highest BCUT2D eigenvalue weighted by molar-refractivity contribution is 4.94. The summed E-state index contributed by atoms with van der Waals surface area (Å²) in [5.74, 6) is 0. The molecule has 2 fully saturated rings. The number of nitrogens with two attached hydrogens (primary N) is 1. The van der Waals surface area contributed by atoms with Gasteiger partial charge in [0.05, 0.1) is 0 Å². The molecule has 2 heterocycles. The van der Waals surface area contributed by atoms with Crippen LogP contribution in [0.2, 0.25) is 0 Å². The first-order valence-electron chi connectivity index (χ1n) is 6.11. The molecule has 2 saturated heterocycles. The molecule has 2 rings (SSSR count). The van der Waals surface area contributed by atoms with Gasteiger partial charge in [-0.2, -0.15) is 0 Å². The first-order valence-corrected chi connectivity index (χ1v) is 6.11. The molecular formula is C11H23N3O. The summed E-state index contributed by atoms with van der Waals surface area (Å²) in [5, 5.41) is 3.41. The molecule has 0 atom stereocenters. The van der Waals surface area contributed by atoms with E-state index in [0.29, 0.717) is 5.54 Å². The number of ether oxygens (including phenoxy) is 1. The molecule has 0 aromatic carbocycles. The van der Waals surface area contributed by atoms with Crippen molar-refractivity contribution in [3.8, 4) is 0 Å². The van der Waals surface area contributed by atoms with E-state index in [2.05, 4.69) is 10.2 Å². The summed E-state index contributed by atoms with van der Waals surface area (Å²) in [5.41, 5.74) is 6.11. The van der Waals surface area contributed by atoms with E-state index in [1.165, 1.54) is 13.1 Å². The highest BCUT2D eigenvalue weighted by atomic mass is 16.5. The summed E-state index contributed by atoms with van der Waals surface area (Å²) in [6, 6.07) is 0. The van der Waals surface area contributed by atoms with Crippen molar-refractivity contribution in [2.75, 3.05) is 45.9 Å². The van der Waals surface area contributed by atoms with Crippen molar-refractivity contribution in [1.29, 1.82) is 0 Å². The average Bonchev–Trinajstić information content (AvgIpc) is 2.32. The standard InChI is InChI=1S/C11H23N3O/c12-4-1-11(2-9-15-10-3-11)14-7-5-13-6-8-14/h13H,1-10,12H2. The van der Waals surface area contributed by atoms with Crippen molar-refractivity contribution >= 4 is 0 Å². The number of hydrogen-bond donors (Lipinski definition) is 2. The molecular weight excluding hydrogens is 190 g/mol. The van der Waals surface area contributed by atoms with E-state index < -0.39 is 0 Å². The Balaban J connectivity index is 2.01. The molecule has 0 amide bonds. The molecule has 2 aliphatic rings. The van der Waals surface area contributed by atoms with Gasteiger partial charge in [-0.3, -0.25) is 4.90 Å². The van der Waals surface area contributed by atoms with Gasteiger partial charge >= 0.3 is 0 Å². The predicted octanol–water partition coefficient (Wildman–Crippen LogP) is -0.210. The van der Waals surface area contributed by atoms with Crippen LogP contribution in [0, 0.1) is 0 Å². The van der Waals surface area contributed by atoms with Gasteiger partial charge in [-0.1, -0.05) is 0 Å². The van der Waals surface area contributed by atoms with E-state index in [9.17, 15) is 0 Å². The third-order valence-electron chi connectivity index (χ3n) is 3.82. The SMILES string of the molecule is NCCC1(N2CCNCC2)CCOCC1. The Labute approximate surface area is 92.1 Å². The topological polar surface area (TPSA) is 50.5 Å². The third-order valence-corrected chi connectivity index (χ3v) is 3.82. The molecule has 0 radical (unpaired) electrons. The summed E-state index contributed by atoms with van der Waals surface area (Å²) in [4.78, 5) is 2.64. The predicted molar refractivity (Wildman–Crippen MR) is 60.9 cm³/mol. The van der Waals surface area contributed by atoms with Crippen LogP contribution in [-0.4, -0.2) is 56.4 Å². The fraction of sp³-hybridized carbons (Fsp3) is 1.00. The maximum atomic E-state index is 5.77. The zero-order chi connectivity index (χ0) is 10.6. The molecule has 0 spiro atoms. The Morgan fingerprint density at radius 2 is 1.87 bits per heavy atom. The minimum Gasteiger partial charge on any atom is -0.381 e.